The molecule has 6 aromatic rings. The van der Waals surface area contributed by atoms with Gasteiger partial charge in [-0.25, -0.2) is 0 Å². The van der Waals surface area contributed by atoms with Crippen LogP contribution in [0.15, 0.2) is 133 Å². The average Bonchev–Trinajstić information content (AvgIpc) is 3.54. The predicted octanol–water partition coefficient (Wildman–Crippen LogP) is 8.93. The first-order valence-corrected chi connectivity index (χ1v) is 15.2. The van der Waals surface area contributed by atoms with Crippen LogP contribution in [0, 0.1) is 5.92 Å². The summed E-state index contributed by atoms with van der Waals surface area (Å²) in [6, 6.07) is 43.0. The highest BCUT2D eigenvalue weighted by Crippen LogP contribution is 2.62. The topological polar surface area (TPSA) is 8.17 Å². The van der Waals surface area contributed by atoms with Crippen LogP contribution >= 0.6 is 0 Å². The molecular weight excluding hydrogens is 507 g/mol. The van der Waals surface area contributed by atoms with Gasteiger partial charge >= 0.3 is 6.85 Å². The van der Waals surface area contributed by atoms with Gasteiger partial charge in [0.15, 0.2) is 0 Å². The molecule has 0 saturated heterocycles. The summed E-state index contributed by atoms with van der Waals surface area (Å²) in [6.07, 6.45) is 4.90. The molecule has 1 aliphatic carbocycles. The molecule has 0 bridgehead atoms. The van der Waals surface area contributed by atoms with Crippen molar-refractivity contribution >= 4 is 51.1 Å². The van der Waals surface area contributed by atoms with Crippen molar-refractivity contribution in [2.75, 3.05) is 4.90 Å². The number of rotatable bonds is 1. The Hall–Kier alpha value is -4.76. The first-order chi connectivity index (χ1) is 20.6. The van der Waals surface area contributed by atoms with Gasteiger partial charge < -0.3 is 9.38 Å². The molecule has 2 unspecified atom stereocenters. The van der Waals surface area contributed by atoms with Gasteiger partial charge in [-0.05, 0) is 63.9 Å². The lowest BCUT2D eigenvalue weighted by atomic mass is 9.40. The highest BCUT2D eigenvalue weighted by atomic mass is 15.2. The molecule has 4 aliphatic rings. The molecular formula is C39H29BN2. The summed E-state index contributed by atoms with van der Waals surface area (Å²) in [5.41, 5.74) is 15.2. The largest absolute Gasteiger partial charge is 0.379 e. The van der Waals surface area contributed by atoms with Gasteiger partial charge in [0.1, 0.15) is 0 Å². The summed E-state index contributed by atoms with van der Waals surface area (Å²) in [6.45, 7) is 5.20. The van der Waals surface area contributed by atoms with Crippen LogP contribution < -0.4 is 10.4 Å². The van der Waals surface area contributed by atoms with Crippen molar-refractivity contribution in [3.8, 4) is 11.1 Å². The summed E-state index contributed by atoms with van der Waals surface area (Å²) in [5.74, 6) is 0.599. The normalized spacial score (nSPS) is 20.5. The minimum Gasteiger partial charge on any atom is -0.379 e. The Balaban J connectivity index is 1.31. The molecule has 0 amide bonds. The molecule has 0 saturated carbocycles. The maximum absolute atomic E-state index is 2.73. The SMILES string of the molecule is CC1(C)c2ccccc2N(c2ccccc2)C2=CC=C3c4cccc5c4B(C3C21)n1c2ccccc2c2cccc-5c21. The molecule has 2 atom stereocenters. The molecule has 0 fully saturated rings. The number of hydrogen-bond donors (Lipinski definition) is 0. The van der Waals surface area contributed by atoms with E-state index in [1.807, 2.05) is 0 Å². The molecule has 0 radical (unpaired) electrons. The summed E-state index contributed by atoms with van der Waals surface area (Å²) in [7, 11) is 0. The second-order valence-electron chi connectivity index (χ2n) is 12.9. The van der Waals surface area contributed by atoms with E-state index in [9.17, 15) is 0 Å². The van der Waals surface area contributed by atoms with E-state index in [1.165, 1.54) is 72.2 Å². The summed E-state index contributed by atoms with van der Waals surface area (Å²) in [5, 5.41) is 2.72. The number of hydrogen-bond acceptors (Lipinski definition) is 1. The Morgan fingerprint density at radius 1 is 0.643 bits per heavy atom. The van der Waals surface area contributed by atoms with E-state index >= 15 is 0 Å². The zero-order valence-electron chi connectivity index (χ0n) is 23.8. The maximum atomic E-state index is 2.73. The molecule has 0 N–H and O–H groups in total. The van der Waals surface area contributed by atoms with Crippen molar-refractivity contribution in [1.29, 1.82) is 0 Å². The number of aromatic nitrogens is 1. The van der Waals surface area contributed by atoms with Gasteiger partial charge in [-0.2, -0.15) is 0 Å². The van der Waals surface area contributed by atoms with Crippen molar-refractivity contribution < 1.29 is 0 Å². The van der Waals surface area contributed by atoms with E-state index in [2.05, 4.69) is 151 Å². The Morgan fingerprint density at radius 3 is 2.26 bits per heavy atom. The van der Waals surface area contributed by atoms with Crippen LogP contribution in [0.1, 0.15) is 25.0 Å². The zero-order valence-corrected chi connectivity index (χ0v) is 23.8. The number of anilines is 2. The molecule has 3 heteroatoms. The third kappa shape index (κ3) is 2.59. The second-order valence-corrected chi connectivity index (χ2v) is 12.9. The zero-order chi connectivity index (χ0) is 27.7. The van der Waals surface area contributed by atoms with Crippen LogP contribution in [-0.2, 0) is 5.41 Å². The van der Waals surface area contributed by atoms with Crippen LogP contribution in [0.5, 0.6) is 0 Å². The molecule has 3 aliphatic heterocycles. The van der Waals surface area contributed by atoms with Crippen LogP contribution in [0.2, 0.25) is 5.82 Å². The summed E-state index contributed by atoms with van der Waals surface area (Å²) < 4.78 is 2.73. The third-order valence-electron chi connectivity index (χ3n) is 10.7. The van der Waals surface area contributed by atoms with Crippen LogP contribution in [0.3, 0.4) is 0 Å². The molecule has 2 nitrogen and oxygen atoms in total. The minimum absolute atomic E-state index is 0.0703. The van der Waals surface area contributed by atoms with Gasteiger partial charge in [0.25, 0.3) is 0 Å². The fourth-order valence-electron chi connectivity index (χ4n) is 9.19. The monoisotopic (exact) mass is 536 g/mol. The van der Waals surface area contributed by atoms with Gasteiger partial charge in [0.2, 0.25) is 0 Å². The first kappa shape index (κ1) is 22.9. The Bertz CT molecular complexity index is 2200. The molecule has 10 rings (SSSR count). The highest BCUT2D eigenvalue weighted by Gasteiger charge is 2.57. The molecule has 0 spiro atoms. The van der Waals surface area contributed by atoms with E-state index in [0.717, 1.165) is 0 Å². The Kier molecular flexibility index (Phi) is 4.22. The fourth-order valence-corrected chi connectivity index (χ4v) is 9.19. The number of allylic oxidation sites excluding steroid dienone is 4. The maximum Gasteiger partial charge on any atom is 0.303 e. The van der Waals surface area contributed by atoms with Gasteiger partial charge in [0.05, 0.1) is 0 Å². The quantitative estimate of drug-likeness (QED) is 0.191. The second kappa shape index (κ2) is 7.74. The van der Waals surface area contributed by atoms with Crippen LogP contribution in [0.25, 0.3) is 38.5 Å². The van der Waals surface area contributed by atoms with Crippen LogP contribution in [0.4, 0.5) is 11.4 Å². The lowest BCUT2D eigenvalue weighted by Gasteiger charge is -2.52. The van der Waals surface area contributed by atoms with E-state index in [1.54, 1.807) is 0 Å². The molecule has 4 heterocycles. The number of para-hydroxylation sites is 4. The summed E-state index contributed by atoms with van der Waals surface area (Å²) in [4.78, 5) is 2.54. The van der Waals surface area contributed by atoms with Gasteiger partial charge in [-0.15, -0.1) is 0 Å². The lowest BCUT2D eigenvalue weighted by molar-refractivity contribution is 0.351. The van der Waals surface area contributed by atoms with E-state index in [-0.39, 0.29) is 12.3 Å². The van der Waals surface area contributed by atoms with Gasteiger partial charge in [-0.3, -0.25) is 0 Å². The minimum atomic E-state index is -0.0703. The average molecular weight is 536 g/mol. The standard InChI is InChI=1S/C39H29BN2/c1-39(2)31-19-7-9-21-33(31)41(24-12-4-3-5-13-24)34-23-22-28-26-15-10-16-27-30-18-11-17-29-25-14-6-8-20-32(25)42(38(29)30)40(36(26)27)37(28)35(34)39/h3-23,35,37H,1-2H3. The van der Waals surface area contributed by atoms with Crippen molar-refractivity contribution in [2.24, 2.45) is 5.92 Å². The smallest absolute Gasteiger partial charge is 0.303 e. The third-order valence-corrected chi connectivity index (χ3v) is 10.7. The van der Waals surface area contributed by atoms with Gasteiger partial charge in [0, 0.05) is 55.8 Å². The van der Waals surface area contributed by atoms with Crippen molar-refractivity contribution in [3.63, 3.8) is 0 Å². The Labute approximate surface area is 246 Å². The summed E-state index contributed by atoms with van der Waals surface area (Å²) >= 11 is 0. The number of benzene rings is 5. The molecule has 198 valence electrons. The van der Waals surface area contributed by atoms with Crippen LogP contribution in [-0.4, -0.2) is 11.3 Å². The van der Waals surface area contributed by atoms with Crippen molar-refractivity contribution in [2.45, 2.75) is 25.1 Å². The van der Waals surface area contributed by atoms with Crippen molar-refractivity contribution in [1.82, 2.24) is 4.48 Å². The first-order valence-electron chi connectivity index (χ1n) is 15.2. The van der Waals surface area contributed by atoms with Crippen molar-refractivity contribution in [3.05, 3.63) is 144 Å². The number of fused-ring (bicyclic) bond motifs is 11. The van der Waals surface area contributed by atoms with E-state index < -0.39 is 0 Å². The van der Waals surface area contributed by atoms with E-state index in [0.29, 0.717) is 11.7 Å². The molecule has 5 aromatic carbocycles. The molecule has 42 heavy (non-hydrogen) atoms. The Morgan fingerprint density at radius 2 is 1.36 bits per heavy atom. The highest BCUT2D eigenvalue weighted by molar-refractivity contribution is 6.82. The molecule has 1 aromatic heterocycles. The van der Waals surface area contributed by atoms with E-state index in [4.69, 9.17) is 0 Å². The van der Waals surface area contributed by atoms with Gasteiger partial charge in [-0.1, -0.05) is 111 Å². The predicted molar refractivity (Wildman–Crippen MR) is 177 cm³/mol. The number of nitrogens with zero attached hydrogens (tertiary/aromatic N) is 2. The fraction of sp³-hybridized carbons (Fsp3) is 0.128. The lowest BCUT2D eigenvalue weighted by Crippen LogP contribution is -2.51.